The topological polar surface area (TPSA) is 52.3 Å². The van der Waals surface area contributed by atoms with Crippen LogP contribution in [-0.2, 0) is 9.53 Å². The van der Waals surface area contributed by atoms with Crippen LogP contribution in [0, 0.1) is 12.3 Å². The molecule has 0 bridgehead atoms. The fourth-order valence-corrected chi connectivity index (χ4v) is 1.70. The molecule has 2 N–H and O–H groups in total. The maximum absolute atomic E-state index is 11.1. The SMILES string of the molecule is C#CCCSCCC(N)C(=O)OCC. The lowest BCUT2D eigenvalue weighted by atomic mass is 10.2. The van der Waals surface area contributed by atoms with E-state index in [1.165, 1.54) is 0 Å². The first-order valence-electron chi connectivity index (χ1n) is 4.65. The van der Waals surface area contributed by atoms with Gasteiger partial charge in [0.25, 0.3) is 0 Å². The molecular weight excluding hydrogens is 198 g/mol. The van der Waals surface area contributed by atoms with Crippen molar-refractivity contribution in [3.05, 3.63) is 0 Å². The van der Waals surface area contributed by atoms with Crippen molar-refractivity contribution in [2.45, 2.75) is 25.8 Å². The molecule has 0 aliphatic carbocycles. The Bertz CT molecular complexity index is 201. The second-order valence-corrected chi connectivity index (χ2v) is 3.94. The van der Waals surface area contributed by atoms with Crippen LogP contribution in [0.2, 0.25) is 0 Å². The van der Waals surface area contributed by atoms with Gasteiger partial charge in [0.15, 0.2) is 0 Å². The summed E-state index contributed by atoms with van der Waals surface area (Å²) in [4.78, 5) is 11.1. The molecule has 80 valence electrons. The third-order valence-corrected chi connectivity index (χ3v) is 2.57. The number of terminal acetylenes is 1. The normalized spacial score (nSPS) is 11.8. The molecule has 0 aromatic heterocycles. The van der Waals surface area contributed by atoms with Gasteiger partial charge in [-0.15, -0.1) is 12.3 Å². The smallest absolute Gasteiger partial charge is 0.322 e. The van der Waals surface area contributed by atoms with E-state index >= 15 is 0 Å². The van der Waals surface area contributed by atoms with E-state index in [4.69, 9.17) is 16.9 Å². The molecular formula is C10H17NO2S. The van der Waals surface area contributed by atoms with Crippen LogP contribution in [0.5, 0.6) is 0 Å². The van der Waals surface area contributed by atoms with Gasteiger partial charge in [0.05, 0.1) is 6.61 Å². The molecule has 4 heteroatoms. The molecule has 0 rings (SSSR count). The van der Waals surface area contributed by atoms with Gasteiger partial charge < -0.3 is 10.5 Å². The highest BCUT2D eigenvalue weighted by Gasteiger charge is 2.13. The van der Waals surface area contributed by atoms with Crippen molar-refractivity contribution in [3.8, 4) is 12.3 Å². The van der Waals surface area contributed by atoms with Gasteiger partial charge in [0.2, 0.25) is 0 Å². The molecule has 0 aliphatic heterocycles. The van der Waals surface area contributed by atoms with E-state index in [-0.39, 0.29) is 5.97 Å². The lowest BCUT2D eigenvalue weighted by Gasteiger charge is -2.09. The van der Waals surface area contributed by atoms with Crippen molar-refractivity contribution in [2.24, 2.45) is 5.73 Å². The van der Waals surface area contributed by atoms with Crippen LogP contribution in [0.4, 0.5) is 0 Å². The first kappa shape index (κ1) is 13.3. The van der Waals surface area contributed by atoms with Crippen LogP contribution in [0.3, 0.4) is 0 Å². The lowest BCUT2D eigenvalue weighted by Crippen LogP contribution is -2.32. The second kappa shape index (κ2) is 8.92. The van der Waals surface area contributed by atoms with E-state index in [2.05, 4.69) is 5.92 Å². The van der Waals surface area contributed by atoms with E-state index in [9.17, 15) is 4.79 Å². The third kappa shape index (κ3) is 6.81. The fraction of sp³-hybridized carbons (Fsp3) is 0.700. The zero-order chi connectivity index (χ0) is 10.8. The van der Waals surface area contributed by atoms with E-state index in [0.29, 0.717) is 13.0 Å². The number of carbonyl (C=O) groups is 1. The van der Waals surface area contributed by atoms with Crippen molar-refractivity contribution in [1.29, 1.82) is 0 Å². The average Bonchev–Trinajstić information content (AvgIpc) is 2.17. The van der Waals surface area contributed by atoms with Gasteiger partial charge in [-0.2, -0.15) is 11.8 Å². The van der Waals surface area contributed by atoms with Crippen LogP contribution in [0.1, 0.15) is 19.8 Å². The van der Waals surface area contributed by atoms with Gasteiger partial charge in [-0.25, -0.2) is 0 Å². The largest absolute Gasteiger partial charge is 0.465 e. The zero-order valence-corrected chi connectivity index (χ0v) is 9.31. The monoisotopic (exact) mass is 215 g/mol. The second-order valence-electron chi connectivity index (χ2n) is 2.71. The highest BCUT2D eigenvalue weighted by atomic mass is 32.2. The molecule has 0 aromatic rings. The van der Waals surface area contributed by atoms with Gasteiger partial charge in [0.1, 0.15) is 6.04 Å². The maximum atomic E-state index is 11.1. The highest BCUT2D eigenvalue weighted by molar-refractivity contribution is 7.99. The quantitative estimate of drug-likeness (QED) is 0.391. The summed E-state index contributed by atoms with van der Waals surface area (Å²) in [5.74, 6) is 4.01. The van der Waals surface area contributed by atoms with E-state index in [0.717, 1.165) is 17.9 Å². The Labute approximate surface area is 89.8 Å². The summed E-state index contributed by atoms with van der Waals surface area (Å²) in [6.07, 6.45) is 6.51. The number of rotatable bonds is 7. The molecule has 0 aliphatic rings. The minimum Gasteiger partial charge on any atom is -0.465 e. The molecule has 0 heterocycles. The Hall–Kier alpha value is -0.660. The minimum absolute atomic E-state index is 0.315. The van der Waals surface area contributed by atoms with Gasteiger partial charge in [-0.05, 0) is 19.1 Å². The maximum Gasteiger partial charge on any atom is 0.322 e. The lowest BCUT2D eigenvalue weighted by molar-refractivity contribution is -0.144. The summed E-state index contributed by atoms with van der Waals surface area (Å²) in [7, 11) is 0. The molecule has 1 unspecified atom stereocenters. The van der Waals surface area contributed by atoms with Gasteiger partial charge >= 0.3 is 5.97 Å². The molecule has 0 saturated heterocycles. The van der Waals surface area contributed by atoms with Gasteiger partial charge in [0, 0.05) is 12.2 Å². The van der Waals surface area contributed by atoms with Crippen molar-refractivity contribution in [3.63, 3.8) is 0 Å². The first-order valence-corrected chi connectivity index (χ1v) is 5.81. The molecule has 0 fully saturated rings. The average molecular weight is 215 g/mol. The number of ether oxygens (including phenoxy) is 1. The summed E-state index contributed by atoms with van der Waals surface area (Å²) in [5.41, 5.74) is 5.59. The Morgan fingerprint density at radius 3 is 2.93 bits per heavy atom. The molecule has 0 amide bonds. The van der Waals surface area contributed by atoms with E-state index in [1.54, 1.807) is 18.7 Å². The van der Waals surface area contributed by atoms with Crippen molar-refractivity contribution in [2.75, 3.05) is 18.1 Å². The molecule has 1 atom stereocenters. The van der Waals surface area contributed by atoms with Crippen LogP contribution in [0.25, 0.3) is 0 Å². The van der Waals surface area contributed by atoms with Gasteiger partial charge in [-0.3, -0.25) is 4.79 Å². The summed E-state index contributed by atoms with van der Waals surface area (Å²) < 4.78 is 4.78. The van der Waals surface area contributed by atoms with Crippen molar-refractivity contribution in [1.82, 2.24) is 0 Å². The molecule has 0 saturated carbocycles. The summed E-state index contributed by atoms with van der Waals surface area (Å²) >= 11 is 1.71. The van der Waals surface area contributed by atoms with Gasteiger partial charge in [-0.1, -0.05) is 0 Å². The number of hydrogen-bond donors (Lipinski definition) is 1. The van der Waals surface area contributed by atoms with Crippen LogP contribution in [-0.4, -0.2) is 30.1 Å². The Morgan fingerprint density at radius 1 is 1.64 bits per heavy atom. The minimum atomic E-state index is -0.492. The standard InChI is InChI=1S/C10H17NO2S/c1-3-5-7-14-8-6-9(11)10(12)13-4-2/h1,9H,4-8,11H2,2H3. The zero-order valence-electron chi connectivity index (χ0n) is 8.49. The predicted octanol–water partition coefficient (Wildman–Crippen LogP) is 1.02. The van der Waals surface area contributed by atoms with Crippen molar-refractivity contribution >= 4 is 17.7 Å². The van der Waals surface area contributed by atoms with Crippen LogP contribution < -0.4 is 5.73 Å². The van der Waals surface area contributed by atoms with Crippen LogP contribution >= 0.6 is 11.8 Å². The predicted molar refractivity (Wildman–Crippen MR) is 60.0 cm³/mol. The van der Waals surface area contributed by atoms with Crippen LogP contribution in [0.15, 0.2) is 0 Å². The Balaban J connectivity index is 3.39. The summed E-state index contributed by atoms with van der Waals surface area (Å²) in [6.45, 7) is 2.16. The molecule has 14 heavy (non-hydrogen) atoms. The van der Waals surface area contributed by atoms with Crippen molar-refractivity contribution < 1.29 is 9.53 Å². The summed E-state index contributed by atoms with van der Waals surface area (Å²) in [5, 5.41) is 0. The molecule has 0 radical (unpaired) electrons. The fourth-order valence-electron chi connectivity index (χ4n) is 0.811. The number of carbonyl (C=O) groups excluding carboxylic acids is 1. The number of esters is 1. The molecule has 0 spiro atoms. The Kier molecular flexibility index (Phi) is 8.50. The number of hydrogen-bond acceptors (Lipinski definition) is 4. The van der Waals surface area contributed by atoms with E-state index < -0.39 is 6.04 Å². The molecule has 0 aromatic carbocycles. The number of thioether (sulfide) groups is 1. The first-order chi connectivity index (χ1) is 6.72. The number of nitrogens with two attached hydrogens (primary N) is 1. The molecule has 3 nitrogen and oxygen atoms in total. The third-order valence-electron chi connectivity index (χ3n) is 1.55. The highest BCUT2D eigenvalue weighted by Crippen LogP contribution is 2.06. The summed E-state index contributed by atoms with van der Waals surface area (Å²) in [6, 6.07) is -0.492. The Morgan fingerprint density at radius 2 is 2.36 bits per heavy atom. The van der Waals surface area contributed by atoms with E-state index in [1.807, 2.05) is 0 Å².